The molecule has 0 aliphatic heterocycles. The van der Waals surface area contributed by atoms with Gasteiger partial charge in [-0.3, -0.25) is 0 Å². The summed E-state index contributed by atoms with van der Waals surface area (Å²) in [6.45, 7) is 4.90. The van der Waals surface area contributed by atoms with E-state index >= 15 is 0 Å². The maximum absolute atomic E-state index is 12.4. The minimum atomic E-state index is -3.57. The van der Waals surface area contributed by atoms with Crippen LogP contribution in [0.2, 0.25) is 0 Å². The van der Waals surface area contributed by atoms with Crippen LogP contribution < -0.4 is 0 Å². The van der Waals surface area contributed by atoms with Crippen LogP contribution in [-0.2, 0) is 10.0 Å². The van der Waals surface area contributed by atoms with E-state index in [4.69, 9.17) is 0 Å². The second kappa shape index (κ2) is 4.76. The van der Waals surface area contributed by atoms with Gasteiger partial charge in [0.1, 0.15) is 0 Å². The van der Waals surface area contributed by atoms with E-state index in [9.17, 15) is 13.5 Å². The van der Waals surface area contributed by atoms with Crippen molar-refractivity contribution in [1.82, 2.24) is 4.31 Å². The predicted octanol–water partition coefficient (Wildman–Crippen LogP) is 1.39. The van der Waals surface area contributed by atoms with E-state index in [2.05, 4.69) is 0 Å². The second-order valence-corrected chi connectivity index (χ2v) is 6.65. The molecule has 4 nitrogen and oxygen atoms in total. The van der Waals surface area contributed by atoms with Crippen molar-refractivity contribution in [1.29, 1.82) is 0 Å². The van der Waals surface area contributed by atoms with Gasteiger partial charge >= 0.3 is 0 Å². The quantitative estimate of drug-likeness (QED) is 0.886. The third-order valence-electron chi connectivity index (χ3n) is 2.97. The average Bonchev–Trinajstić information content (AvgIpc) is 2.28. The summed E-state index contributed by atoms with van der Waals surface area (Å²) >= 11 is 0. The number of aryl methyl sites for hydroxylation is 1. The Bertz CT molecular complexity index is 494. The van der Waals surface area contributed by atoms with Crippen molar-refractivity contribution in [2.75, 3.05) is 13.7 Å². The Balaban J connectivity index is 3.26. The van der Waals surface area contributed by atoms with Gasteiger partial charge in [-0.2, -0.15) is 4.31 Å². The Kier molecular flexibility index (Phi) is 3.96. The molecule has 0 unspecified atom stereocenters. The third-order valence-corrected chi connectivity index (χ3v) is 5.20. The van der Waals surface area contributed by atoms with E-state index in [-0.39, 0.29) is 11.5 Å². The van der Waals surface area contributed by atoms with Gasteiger partial charge in [0.2, 0.25) is 10.0 Å². The average molecular weight is 257 g/mol. The summed E-state index contributed by atoms with van der Waals surface area (Å²) in [5, 5.41) is 9.24. The number of rotatable bonds is 4. The minimum Gasteiger partial charge on any atom is -0.394 e. The summed E-state index contributed by atoms with van der Waals surface area (Å²) in [5.74, 6) is 0. The summed E-state index contributed by atoms with van der Waals surface area (Å²) in [4.78, 5) is 0.282. The first-order valence-corrected chi connectivity index (χ1v) is 6.83. The maximum atomic E-state index is 12.4. The summed E-state index contributed by atoms with van der Waals surface area (Å²) in [6.07, 6.45) is 0. The summed E-state index contributed by atoms with van der Waals surface area (Å²) in [7, 11) is -2.08. The second-order valence-electron chi connectivity index (χ2n) is 4.71. The highest BCUT2D eigenvalue weighted by Crippen LogP contribution is 2.24. The van der Waals surface area contributed by atoms with E-state index in [1.54, 1.807) is 45.0 Å². The molecule has 1 N–H and O–H groups in total. The lowest BCUT2D eigenvalue weighted by Gasteiger charge is -2.33. The van der Waals surface area contributed by atoms with E-state index in [1.165, 1.54) is 11.4 Å². The highest BCUT2D eigenvalue weighted by Gasteiger charge is 2.34. The number of hydrogen-bond donors (Lipinski definition) is 1. The minimum absolute atomic E-state index is 0.228. The van der Waals surface area contributed by atoms with Crippen molar-refractivity contribution >= 4 is 10.0 Å². The van der Waals surface area contributed by atoms with Gasteiger partial charge in [-0.15, -0.1) is 0 Å². The fourth-order valence-electron chi connectivity index (χ4n) is 1.42. The van der Waals surface area contributed by atoms with Crippen molar-refractivity contribution in [2.45, 2.75) is 31.2 Å². The Morgan fingerprint density at radius 2 is 1.82 bits per heavy atom. The van der Waals surface area contributed by atoms with E-state index in [1.807, 2.05) is 0 Å². The Morgan fingerprint density at radius 1 is 1.29 bits per heavy atom. The van der Waals surface area contributed by atoms with E-state index < -0.39 is 15.6 Å². The van der Waals surface area contributed by atoms with Gasteiger partial charge in [0.15, 0.2) is 0 Å². The molecule has 1 aromatic rings. The van der Waals surface area contributed by atoms with Crippen LogP contribution in [0.3, 0.4) is 0 Å². The molecule has 0 saturated heterocycles. The Labute approximate surface area is 103 Å². The smallest absolute Gasteiger partial charge is 0.243 e. The molecule has 96 valence electrons. The van der Waals surface area contributed by atoms with Gasteiger partial charge in [-0.05, 0) is 32.4 Å². The lowest BCUT2D eigenvalue weighted by Crippen LogP contribution is -2.47. The van der Waals surface area contributed by atoms with Gasteiger partial charge in [-0.1, -0.05) is 18.2 Å². The lowest BCUT2D eigenvalue weighted by molar-refractivity contribution is 0.138. The Morgan fingerprint density at radius 3 is 2.29 bits per heavy atom. The number of sulfonamides is 1. The van der Waals surface area contributed by atoms with Crippen molar-refractivity contribution in [3.05, 3.63) is 29.8 Å². The van der Waals surface area contributed by atoms with Crippen LogP contribution >= 0.6 is 0 Å². The molecule has 0 aromatic heterocycles. The third kappa shape index (κ3) is 2.68. The Hall–Kier alpha value is -0.910. The van der Waals surface area contributed by atoms with Gasteiger partial charge in [0.25, 0.3) is 0 Å². The molecule has 17 heavy (non-hydrogen) atoms. The number of nitrogens with zero attached hydrogens (tertiary/aromatic N) is 1. The first-order chi connectivity index (χ1) is 7.73. The van der Waals surface area contributed by atoms with Crippen LogP contribution in [0.15, 0.2) is 29.2 Å². The topological polar surface area (TPSA) is 57.6 Å². The summed E-state index contributed by atoms with van der Waals surface area (Å²) in [6, 6.07) is 6.83. The number of likely N-dealkylation sites (N-methyl/N-ethyl adjacent to an activating group) is 1. The van der Waals surface area contributed by atoms with Crippen LogP contribution in [0.4, 0.5) is 0 Å². The fraction of sp³-hybridized carbons (Fsp3) is 0.500. The van der Waals surface area contributed by atoms with E-state index in [0.717, 1.165) is 0 Å². The first kappa shape index (κ1) is 14.2. The van der Waals surface area contributed by atoms with Gasteiger partial charge in [-0.25, -0.2) is 8.42 Å². The normalized spacial score (nSPS) is 13.1. The summed E-state index contributed by atoms with van der Waals surface area (Å²) in [5.41, 5.74) is -0.116. The molecular formula is C12H19NO3S. The first-order valence-electron chi connectivity index (χ1n) is 5.39. The van der Waals surface area contributed by atoms with E-state index in [0.29, 0.717) is 5.56 Å². The molecule has 0 atom stereocenters. The van der Waals surface area contributed by atoms with Gasteiger partial charge in [0.05, 0.1) is 17.0 Å². The largest absolute Gasteiger partial charge is 0.394 e. The number of aliphatic hydroxyl groups is 1. The molecule has 0 aliphatic rings. The van der Waals surface area contributed by atoms with Crippen LogP contribution in [0.25, 0.3) is 0 Å². The van der Waals surface area contributed by atoms with Crippen molar-refractivity contribution in [3.63, 3.8) is 0 Å². The molecule has 0 saturated carbocycles. The van der Waals surface area contributed by atoms with Crippen LogP contribution in [0.1, 0.15) is 19.4 Å². The van der Waals surface area contributed by atoms with Crippen LogP contribution in [0, 0.1) is 6.92 Å². The number of aliphatic hydroxyl groups excluding tert-OH is 1. The van der Waals surface area contributed by atoms with Crippen LogP contribution in [0.5, 0.6) is 0 Å². The van der Waals surface area contributed by atoms with Gasteiger partial charge in [0, 0.05) is 7.05 Å². The standard InChI is InChI=1S/C12H19NO3S/c1-10-7-5-6-8-11(10)17(15,16)13(4)12(2,3)9-14/h5-8,14H,9H2,1-4H3. The molecule has 0 fully saturated rings. The highest BCUT2D eigenvalue weighted by atomic mass is 32.2. The molecule has 0 radical (unpaired) electrons. The molecule has 5 heteroatoms. The van der Waals surface area contributed by atoms with Crippen LogP contribution in [-0.4, -0.2) is 37.0 Å². The molecule has 1 rings (SSSR count). The summed E-state index contributed by atoms with van der Waals surface area (Å²) < 4.78 is 26.0. The van der Waals surface area contributed by atoms with Gasteiger partial charge < -0.3 is 5.11 Å². The fourth-order valence-corrected chi connectivity index (χ4v) is 3.15. The molecular weight excluding hydrogens is 238 g/mol. The molecule has 0 spiro atoms. The zero-order valence-corrected chi connectivity index (χ0v) is 11.5. The van der Waals surface area contributed by atoms with Crippen molar-refractivity contribution in [2.24, 2.45) is 0 Å². The molecule has 0 aliphatic carbocycles. The number of benzene rings is 1. The monoisotopic (exact) mass is 257 g/mol. The highest BCUT2D eigenvalue weighted by molar-refractivity contribution is 7.89. The molecule has 1 aromatic carbocycles. The molecule has 0 amide bonds. The SMILES string of the molecule is Cc1ccccc1S(=O)(=O)N(C)C(C)(C)CO. The zero-order chi connectivity index (χ0) is 13.3. The number of hydrogen-bond acceptors (Lipinski definition) is 3. The van der Waals surface area contributed by atoms with Crippen molar-refractivity contribution < 1.29 is 13.5 Å². The van der Waals surface area contributed by atoms with Crippen molar-refractivity contribution in [3.8, 4) is 0 Å². The predicted molar refractivity (Wildman–Crippen MR) is 67.3 cm³/mol. The zero-order valence-electron chi connectivity index (χ0n) is 10.6. The maximum Gasteiger partial charge on any atom is 0.243 e. The molecule has 0 bridgehead atoms. The lowest BCUT2D eigenvalue weighted by atomic mass is 10.1. The molecule has 0 heterocycles.